The quantitative estimate of drug-likeness (QED) is 0.772. The number of hydrogen-bond donors (Lipinski definition) is 2. The molecule has 5 nitrogen and oxygen atoms in total. The Morgan fingerprint density at radius 2 is 2.31 bits per heavy atom. The van der Waals surface area contributed by atoms with Crippen LogP contribution in [0.5, 0.6) is 0 Å². The fourth-order valence-corrected chi connectivity index (χ4v) is 2.08. The van der Waals surface area contributed by atoms with Gasteiger partial charge in [-0.3, -0.25) is 13.8 Å². The fraction of sp³-hybridized carbons (Fsp3) is 0.400. The van der Waals surface area contributed by atoms with Gasteiger partial charge in [0.15, 0.2) is 5.43 Å². The molecule has 0 radical (unpaired) electrons. The van der Waals surface area contributed by atoms with Crippen molar-refractivity contribution in [3.8, 4) is 0 Å². The molecule has 88 valence electrons. The highest BCUT2D eigenvalue weighted by molar-refractivity contribution is 7.84. The first kappa shape index (κ1) is 12.6. The Balaban J connectivity index is 2.70. The molecule has 2 N–H and O–H groups in total. The van der Waals surface area contributed by atoms with E-state index in [0.717, 1.165) is 0 Å². The van der Waals surface area contributed by atoms with E-state index in [4.69, 9.17) is 0 Å². The number of carbonyl (C=O) groups excluding carboxylic acids is 1. The zero-order valence-electron chi connectivity index (χ0n) is 9.15. The van der Waals surface area contributed by atoms with Crippen LogP contribution in [0.2, 0.25) is 0 Å². The average molecular weight is 242 g/mol. The summed E-state index contributed by atoms with van der Waals surface area (Å²) in [5, 5.41) is 2.62. The number of rotatable bonds is 4. The molecule has 1 aromatic heterocycles. The maximum absolute atomic E-state index is 11.6. The molecular weight excluding hydrogens is 228 g/mol. The lowest BCUT2D eigenvalue weighted by molar-refractivity contribution is 0.0942. The molecule has 1 amide bonds. The Morgan fingerprint density at radius 1 is 1.62 bits per heavy atom. The summed E-state index contributed by atoms with van der Waals surface area (Å²) in [6, 6.07) is 1.07. The molecular formula is C10H14N2O3S. The van der Waals surface area contributed by atoms with Crippen molar-refractivity contribution < 1.29 is 9.00 Å². The van der Waals surface area contributed by atoms with Crippen molar-refractivity contribution in [1.29, 1.82) is 0 Å². The molecule has 1 heterocycles. The zero-order chi connectivity index (χ0) is 12.1. The molecule has 0 aliphatic heterocycles. The zero-order valence-corrected chi connectivity index (χ0v) is 9.97. The van der Waals surface area contributed by atoms with E-state index >= 15 is 0 Å². The molecule has 0 bridgehead atoms. The first-order valence-electron chi connectivity index (χ1n) is 4.78. The number of H-pyrrole nitrogens is 1. The molecule has 0 aromatic carbocycles. The average Bonchev–Trinajstić information content (AvgIpc) is 2.16. The summed E-state index contributed by atoms with van der Waals surface area (Å²) in [5.74, 6) is -0.0731. The van der Waals surface area contributed by atoms with Crippen molar-refractivity contribution in [1.82, 2.24) is 10.3 Å². The van der Waals surface area contributed by atoms with Gasteiger partial charge in [-0.1, -0.05) is 0 Å². The topological polar surface area (TPSA) is 79.0 Å². The predicted octanol–water partition coefficient (Wildman–Crippen LogP) is -0.128. The SMILES string of the molecule is CC(CS(C)=O)NC(=O)c1c[nH]ccc1=O. The predicted molar refractivity (Wildman–Crippen MR) is 62.9 cm³/mol. The number of aromatic nitrogens is 1. The number of aromatic amines is 1. The van der Waals surface area contributed by atoms with Crippen LogP contribution in [0.1, 0.15) is 17.3 Å². The minimum atomic E-state index is -0.974. The Morgan fingerprint density at radius 3 is 2.88 bits per heavy atom. The lowest BCUT2D eigenvalue weighted by atomic mass is 10.2. The number of pyridine rings is 1. The van der Waals surface area contributed by atoms with Gasteiger partial charge in [-0.2, -0.15) is 0 Å². The molecule has 6 heteroatoms. The van der Waals surface area contributed by atoms with E-state index in [1.165, 1.54) is 18.5 Å². The van der Waals surface area contributed by atoms with Crippen LogP contribution in [0.4, 0.5) is 0 Å². The summed E-state index contributed by atoms with van der Waals surface area (Å²) < 4.78 is 10.9. The highest BCUT2D eigenvalue weighted by atomic mass is 32.2. The standard InChI is InChI=1S/C10H14N2O3S/c1-7(6-16(2)15)12-10(14)8-5-11-4-3-9(8)13/h3-5,7H,6H2,1-2H3,(H,11,13)(H,12,14). The van der Waals surface area contributed by atoms with Crippen LogP contribution in [-0.4, -0.2) is 33.2 Å². The molecule has 0 saturated carbocycles. The van der Waals surface area contributed by atoms with Crippen molar-refractivity contribution >= 4 is 16.7 Å². The molecule has 0 aliphatic carbocycles. The smallest absolute Gasteiger partial charge is 0.256 e. The van der Waals surface area contributed by atoms with Crippen LogP contribution < -0.4 is 10.7 Å². The van der Waals surface area contributed by atoms with Gasteiger partial charge in [0, 0.05) is 47.3 Å². The van der Waals surface area contributed by atoms with Crippen LogP contribution >= 0.6 is 0 Å². The first-order chi connectivity index (χ1) is 7.50. The maximum atomic E-state index is 11.6. The third kappa shape index (κ3) is 3.62. The number of amides is 1. The molecule has 0 saturated heterocycles. The van der Waals surface area contributed by atoms with Gasteiger partial charge in [0.25, 0.3) is 5.91 Å². The molecule has 2 atom stereocenters. The Labute approximate surface area is 95.7 Å². The summed E-state index contributed by atoms with van der Waals surface area (Å²) in [6.45, 7) is 1.75. The number of carbonyl (C=O) groups is 1. The first-order valence-corrected chi connectivity index (χ1v) is 6.51. The Bertz CT molecular complexity index is 455. The van der Waals surface area contributed by atoms with Gasteiger partial charge >= 0.3 is 0 Å². The summed E-state index contributed by atoms with van der Waals surface area (Å²) in [7, 11) is -0.974. The Hall–Kier alpha value is -1.43. The second kappa shape index (κ2) is 5.60. The monoisotopic (exact) mass is 242 g/mol. The van der Waals surface area contributed by atoms with Crippen LogP contribution in [0.15, 0.2) is 23.3 Å². The second-order valence-corrected chi connectivity index (χ2v) is 5.02. The van der Waals surface area contributed by atoms with E-state index in [2.05, 4.69) is 10.3 Å². The molecule has 1 rings (SSSR count). The largest absolute Gasteiger partial charge is 0.367 e. The van der Waals surface area contributed by atoms with Crippen LogP contribution in [0, 0.1) is 0 Å². The van der Waals surface area contributed by atoms with Gasteiger partial charge in [0.05, 0.1) is 0 Å². The van der Waals surface area contributed by atoms with Crippen LogP contribution in [-0.2, 0) is 10.8 Å². The van der Waals surface area contributed by atoms with E-state index in [-0.39, 0.29) is 17.0 Å². The van der Waals surface area contributed by atoms with Gasteiger partial charge in [-0.05, 0) is 6.92 Å². The molecule has 1 aromatic rings. The van der Waals surface area contributed by atoms with E-state index in [9.17, 15) is 13.8 Å². The van der Waals surface area contributed by atoms with Crippen molar-refractivity contribution in [3.63, 3.8) is 0 Å². The maximum Gasteiger partial charge on any atom is 0.256 e. The van der Waals surface area contributed by atoms with Gasteiger partial charge in [-0.25, -0.2) is 0 Å². The van der Waals surface area contributed by atoms with E-state index < -0.39 is 16.7 Å². The van der Waals surface area contributed by atoms with Gasteiger partial charge in [0.2, 0.25) is 0 Å². The molecule has 0 aliphatic rings. The van der Waals surface area contributed by atoms with Gasteiger partial charge < -0.3 is 10.3 Å². The number of hydrogen-bond acceptors (Lipinski definition) is 3. The van der Waals surface area contributed by atoms with Crippen molar-refractivity contribution in [3.05, 3.63) is 34.2 Å². The second-order valence-electron chi connectivity index (χ2n) is 3.54. The third-order valence-corrected chi connectivity index (χ3v) is 2.90. The van der Waals surface area contributed by atoms with Crippen molar-refractivity contribution in [2.75, 3.05) is 12.0 Å². The summed E-state index contributed by atoms with van der Waals surface area (Å²) in [6.07, 6.45) is 4.38. The molecule has 0 fully saturated rings. The minimum absolute atomic E-state index is 0.0660. The molecule has 2 unspecified atom stereocenters. The van der Waals surface area contributed by atoms with Crippen LogP contribution in [0.25, 0.3) is 0 Å². The summed E-state index contributed by atoms with van der Waals surface area (Å²) in [4.78, 5) is 25.6. The summed E-state index contributed by atoms with van der Waals surface area (Å²) >= 11 is 0. The minimum Gasteiger partial charge on any atom is -0.367 e. The highest BCUT2D eigenvalue weighted by Crippen LogP contribution is 1.92. The number of nitrogens with one attached hydrogen (secondary N) is 2. The Kier molecular flexibility index (Phi) is 4.42. The van der Waals surface area contributed by atoms with E-state index in [0.29, 0.717) is 5.75 Å². The normalized spacial score (nSPS) is 14.1. The van der Waals surface area contributed by atoms with Crippen molar-refractivity contribution in [2.45, 2.75) is 13.0 Å². The van der Waals surface area contributed by atoms with Gasteiger partial charge in [0.1, 0.15) is 5.56 Å². The lowest BCUT2D eigenvalue weighted by Gasteiger charge is -2.11. The van der Waals surface area contributed by atoms with Gasteiger partial charge in [-0.15, -0.1) is 0 Å². The fourth-order valence-electron chi connectivity index (χ4n) is 1.29. The van der Waals surface area contributed by atoms with E-state index in [1.54, 1.807) is 13.2 Å². The summed E-state index contributed by atoms with van der Waals surface area (Å²) in [5.41, 5.74) is -0.266. The van der Waals surface area contributed by atoms with Crippen molar-refractivity contribution in [2.24, 2.45) is 0 Å². The molecule has 0 spiro atoms. The molecule has 16 heavy (non-hydrogen) atoms. The van der Waals surface area contributed by atoms with Crippen LogP contribution in [0.3, 0.4) is 0 Å². The lowest BCUT2D eigenvalue weighted by Crippen LogP contribution is -2.38. The van der Waals surface area contributed by atoms with E-state index in [1.807, 2.05) is 0 Å². The highest BCUT2D eigenvalue weighted by Gasteiger charge is 2.13. The third-order valence-electron chi connectivity index (χ3n) is 1.93.